The fourth-order valence-corrected chi connectivity index (χ4v) is 3.76. The van der Waals surface area contributed by atoms with E-state index in [2.05, 4.69) is 19.1 Å². The second kappa shape index (κ2) is 16.0. The lowest BCUT2D eigenvalue weighted by molar-refractivity contribution is 0.121. The fourth-order valence-electron chi connectivity index (χ4n) is 3.76. The predicted octanol–water partition coefficient (Wildman–Crippen LogP) is 5.85. The van der Waals surface area contributed by atoms with Gasteiger partial charge in [-0.25, -0.2) is 0 Å². The van der Waals surface area contributed by atoms with E-state index in [1.807, 2.05) is 12.1 Å². The van der Waals surface area contributed by atoms with Crippen LogP contribution >= 0.6 is 0 Å². The first kappa shape index (κ1) is 25.1. The monoisotopic (exact) mass is 391 g/mol. The van der Waals surface area contributed by atoms with Gasteiger partial charge in [-0.1, -0.05) is 115 Å². The van der Waals surface area contributed by atoms with Gasteiger partial charge < -0.3 is 15.9 Å². The summed E-state index contributed by atoms with van der Waals surface area (Å²) >= 11 is 0. The number of unbranched alkanes of at least 4 members (excludes halogenated alkanes) is 13. The zero-order valence-electron chi connectivity index (χ0n) is 18.3. The number of aliphatic hydroxyl groups excluding tert-OH is 2. The molecule has 0 bridgehead atoms. The number of hydrogen-bond donors (Lipinski definition) is 3. The quantitative estimate of drug-likeness (QED) is 0.275. The van der Waals surface area contributed by atoms with Crippen LogP contribution in [0.4, 0.5) is 0 Å². The molecule has 1 aromatic rings. The Balaban J connectivity index is 1.98. The van der Waals surface area contributed by atoms with Crippen LogP contribution in [0.25, 0.3) is 0 Å². The minimum atomic E-state index is -1.03. The maximum atomic E-state index is 9.37. The lowest BCUT2D eigenvalue weighted by Crippen LogP contribution is -2.44. The standard InChI is InChI=1S/C25H45NO2/c1-2-3-4-5-6-7-8-9-10-11-12-13-14-15-16-23-17-19-24(20-18-23)25(26,21-27)22-28/h17-20,27-28H,2-16,21-22,26H2,1H3. The van der Waals surface area contributed by atoms with Crippen LogP contribution in [0.2, 0.25) is 0 Å². The molecule has 3 nitrogen and oxygen atoms in total. The molecule has 0 amide bonds. The Bertz CT molecular complexity index is 468. The molecule has 0 saturated heterocycles. The third kappa shape index (κ3) is 10.6. The van der Waals surface area contributed by atoms with Crippen molar-refractivity contribution in [2.75, 3.05) is 13.2 Å². The molecule has 162 valence electrons. The topological polar surface area (TPSA) is 66.5 Å². The molecule has 0 radical (unpaired) electrons. The summed E-state index contributed by atoms with van der Waals surface area (Å²) in [5.74, 6) is 0. The fraction of sp³-hybridized carbons (Fsp3) is 0.760. The van der Waals surface area contributed by atoms with Crippen molar-refractivity contribution in [3.8, 4) is 0 Å². The molecule has 0 aliphatic rings. The molecule has 4 N–H and O–H groups in total. The van der Waals surface area contributed by atoms with Crippen molar-refractivity contribution in [2.45, 2.75) is 109 Å². The minimum absolute atomic E-state index is 0.248. The van der Waals surface area contributed by atoms with Gasteiger partial charge in [-0.05, 0) is 24.0 Å². The highest BCUT2D eigenvalue weighted by Crippen LogP contribution is 2.19. The van der Waals surface area contributed by atoms with Crippen molar-refractivity contribution in [1.82, 2.24) is 0 Å². The van der Waals surface area contributed by atoms with Gasteiger partial charge in [0.15, 0.2) is 0 Å². The van der Waals surface area contributed by atoms with Crippen LogP contribution in [-0.4, -0.2) is 23.4 Å². The third-order valence-corrected chi connectivity index (χ3v) is 5.91. The van der Waals surface area contributed by atoms with Crippen LogP contribution in [0, 0.1) is 0 Å². The largest absolute Gasteiger partial charge is 0.394 e. The van der Waals surface area contributed by atoms with Gasteiger partial charge in [0.05, 0.1) is 18.8 Å². The molecular weight excluding hydrogens is 346 g/mol. The van der Waals surface area contributed by atoms with Gasteiger partial charge in [-0.2, -0.15) is 0 Å². The van der Waals surface area contributed by atoms with Gasteiger partial charge in [-0.15, -0.1) is 0 Å². The summed E-state index contributed by atoms with van der Waals surface area (Å²) in [6.07, 6.45) is 20.5. The molecule has 0 unspecified atom stereocenters. The highest BCUT2D eigenvalue weighted by molar-refractivity contribution is 5.28. The van der Waals surface area contributed by atoms with E-state index in [-0.39, 0.29) is 13.2 Å². The van der Waals surface area contributed by atoms with E-state index in [9.17, 15) is 10.2 Å². The first-order valence-electron chi connectivity index (χ1n) is 11.8. The third-order valence-electron chi connectivity index (χ3n) is 5.91. The van der Waals surface area contributed by atoms with Gasteiger partial charge in [0.2, 0.25) is 0 Å². The van der Waals surface area contributed by atoms with Crippen molar-refractivity contribution < 1.29 is 10.2 Å². The molecular formula is C25H45NO2. The number of nitrogens with two attached hydrogens (primary N) is 1. The number of rotatable bonds is 18. The van der Waals surface area contributed by atoms with Crippen molar-refractivity contribution in [3.05, 3.63) is 35.4 Å². The Hall–Kier alpha value is -0.900. The summed E-state index contributed by atoms with van der Waals surface area (Å²) < 4.78 is 0. The molecule has 3 heteroatoms. The van der Waals surface area contributed by atoms with Gasteiger partial charge in [0.1, 0.15) is 0 Å². The summed E-state index contributed by atoms with van der Waals surface area (Å²) in [4.78, 5) is 0. The van der Waals surface area contributed by atoms with Crippen LogP contribution in [0.15, 0.2) is 24.3 Å². The first-order chi connectivity index (χ1) is 13.7. The van der Waals surface area contributed by atoms with E-state index in [0.29, 0.717) is 0 Å². The van der Waals surface area contributed by atoms with Gasteiger partial charge in [0, 0.05) is 0 Å². The van der Waals surface area contributed by atoms with Crippen LogP contribution in [0.1, 0.15) is 108 Å². The summed E-state index contributed by atoms with van der Waals surface area (Å²) in [6, 6.07) is 8.02. The normalized spacial score (nSPS) is 11.9. The average molecular weight is 392 g/mol. The van der Waals surface area contributed by atoms with Crippen LogP contribution < -0.4 is 5.73 Å². The number of benzene rings is 1. The maximum absolute atomic E-state index is 9.37. The van der Waals surface area contributed by atoms with E-state index in [4.69, 9.17) is 5.73 Å². The van der Waals surface area contributed by atoms with Crippen molar-refractivity contribution in [3.63, 3.8) is 0 Å². The summed E-state index contributed by atoms with van der Waals surface area (Å²) in [7, 11) is 0. The Labute approximate surface area is 173 Å². The van der Waals surface area contributed by atoms with Gasteiger partial charge in [-0.3, -0.25) is 0 Å². The zero-order chi connectivity index (χ0) is 20.5. The van der Waals surface area contributed by atoms with Crippen LogP contribution in [0.3, 0.4) is 0 Å². The predicted molar refractivity (Wildman–Crippen MR) is 120 cm³/mol. The molecule has 0 spiro atoms. The molecule has 0 heterocycles. The molecule has 28 heavy (non-hydrogen) atoms. The molecule has 0 aliphatic heterocycles. The number of hydrogen-bond acceptors (Lipinski definition) is 3. The van der Waals surface area contributed by atoms with E-state index >= 15 is 0 Å². The number of aliphatic hydroxyl groups is 2. The van der Waals surface area contributed by atoms with Crippen LogP contribution in [0.5, 0.6) is 0 Å². The van der Waals surface area contributed by atoms with Crippen molar-refractivity contribution in [1.29, 1.82) is 0 Å². The summed E-state index contributed by atoms with van der Waals surface area (Å²) in [5.41, 5.74) is 7.06. The maximum Gasteiger partial charge on any atom is 0.0878 e. The van der Waals surface area contributed by atoms with E-state index in [1.165, 1.54) is 95.5 Å². The summed E-state index contributed by atoms with van der Waals surface area (Å²) in [5, 5.41) is 18.7. The van der Waals surface area contributed by atoms with Gasteiger partial charge in [0.25, 0.3) is 0 Å². The van der Waals surface area contributed by atoms with E-state index in [1.54, 1.807) is 0 Å². The zero-order valence-corrected chi connectivity index (χ0v) is 18.3. The highest BCUT2D eigenvalue weighted by Gasteiger charge is 2.25. The highest BCUT2D eigenvalue weighted by atomic mass is 16.3. The Kier molecular flexibility index (Phi) is 14.3. The Morgan fingerprint density at radius 3 is 1.43 bits per heavy atom. The second-order valence-corrected chi connectivity index (χ2v) is 8.52. The molecule has 1 aromatic carbocycles. The van der Waals surface area contributed by atoms with Crippen LogP contribution in [-0.2, 0) is 12.0 Å². The molecule has 1 rings (SSSR count). The molecule has 0 atom stereocenters. The average Bonchev–Trinajstić information content (AvgIpc) is 2.74. The SMILES string of the molecule is CCCCCCCCCCCCCCCCc1ccc(C(N)(CO)CO)cc1. The lowest BCUT2D eigenvalue weighted by Gasteiger charge is -2.25. The van der Waals surface area contributed by atoms with E-state index < -0.39 is 5.54 Å². The smallest absolute Gasteiger partial charge is 0.0878 e. The van der Waals surface area contributed by atoms with E-state index in [0.717, 1.165) is 12.0 Å². The second-order valence-electron chi connectivity index (χ2n) is 8.52. The van der Waals surface area contributed by atoms with Crippen molar-refractivity contribution in [2.24, 2.45) is 5.73 Å². The summed E-state index contributed by atoms with van der Waals surface area (Å²) in [6.45, 7) is 1.78. The van der Waals surface area contributed by atoms with Gasteiger partial charge >= 0.3 is 0 Å². The number of aryl methyl sites for hydroxylation is 1. The Morgan fingerprint density at radius 1 is 0.643 bits per heavy atom. The molecule has 0 aliphatic carbocycles. The molecule has 0 aromatic heterocycles. The first-order valence-corrected chi connectivity index (χ1v) is 11.8. The minimum Gasteiger partial charge on any atom is -0.394 e. The van der Waals surface area contributed by atoms with Crippen molar-refractivity contribution >= 4 is 0 Å². The molecule has 0 fully saturated rings. The molecule has 0 saturated carbocycles. The lowest BCUT2D eigenvalue weighted by atomic mass is 9.91. The Morgan fingerprint density at radius 2 is 1.04 bits per heavy atom.